The Morgan fingerprint density at radius 2 is 1.77 bits per heavy atom. The second-order valence-electron chi connectivity index (χ2n) is 8.05. The van der Waals surface area contributed by atoms with Gasteiger partial charge in [-0.05, 0) is 61.5 Å². The highest BCUT2D eigenvalue weighted by Gasteiger charge is 2.61. The lowest BCUT2D eigenvalue weighted by molar-refractivity contribution is -0.124. The molecule has 9 heteroatoms. The van der Waals surface area contributed by atoms with E-state index in [1.807, 2.05) is 6.92 Å². The number of anilines is 3. The number of amides is 3. The molecule has 2 aliphatic rings. The maximum Gasteiger partial charge on any atom is 0.269 e. The summed E-state index contributed by atoms with van der Waals surface area (Å²) in [5.41, 5.74) is 2.18. The van der Waals surface area contributed by atoms with Crippen LogP contribution in [0.4, 0.5) is 21.5 Å². The number of carbonyl (C=O) groups is 3. The first-order valence-corrected chi connectivity index (χ1v) is 12.1. The number of rotatable bonds is 6. The van der Waals surface area contributed by atoms with E-state index >= 15 is 0 Å². The zero-order valence-electron chi connectivity index (χ0n) is 18.9. The number of benzene rings is 3. The summed E-state index contributed by atoms with van der Waals surface area (Å²) >= 11 is 1.21. The Bertz CT molecular complexity index is 1300. The van der Waals surface area contributed by atoms with Gasteiger partial charge in [0, 0.05) is 16.9 Å². The third kappa shape index (κ3) is 3.91. The van der Waals surface area contributed by atoms with Crippen molar-refractivity contribution in [3.63, 3.8) is 0 Å². The molecule has 0 aromatic heterocycles. The first-order chi connectivity index (χ1) is 16.9. The van der Waals surface area contributed by atoms with Gasteiger partial charge in [-0.3, -0.25) is 24.2 Å². The predicted molar refractivity (Wildman–Crippen MR) is 133 cm³/mol. The van der Waals surface area contributed by atoms with Crippen molar-refractivity contribution in [2.24, 2.45) is 0 Å². The van der Waals surface area contributed by atoms with E-state index in [1.165, 1.54) is 45.8 Å². The first-order valence-electron chi connectivity index (χ1n) is 11.1. The Morgan fingerprint density at radius 3 is 2.49 bits per heavy atom. The van der Waals surface area contributed by atoms with Crippen molar-refractivity contribution in [3.8, 4) is 5.75 Å². The second kappa shape index (κ2) is 9.07. The van der Waals surface area contributed by atoms with Gasteiger partial charge in [0.2, 0.25) is 16.7 Å². The largest absolute Gasteiger partial charge is 0.494 e. The number of halogens is 1. The number of para-hydroxylation sites is 1. The molecule has 2 heterocycles. The number of ether oxygens (including phenoxy) is 1. The monoisotopic (exact) mass is 491 g/mol. The number of nitrogens with one attached hydrogen (secondary N) is 1. The number of hydrogen-bond acceptors (Lipinski definition) is 5. The summed E-state index contributed by atoms with van der Waals surface area (Å²) in [6.45, 7) is 2.21. The Kier molecular flexibility index (Phi) is 5.94. The van der Waals surface area contributed by atoms with Gasteiger partial charge in [-0.1, -0.05) is 18.2 Å². The van der Waals surface area contributed by atoms with Crippen LogP contribution in [0.3, 0.4) is 0 Å². The van der Waals surface area contributed by atoms with Gasteiger partial charge in [0.1, 0.15) is 18.1 Å². The third-order valence-corrected chi connectivity index (χ3v) is 7.29. The van der Waals surface area contributed by atoms with Gasteiger partial charge in [0.25, 0.3) is 5.91 Å². The predicted octanol–water partition coefficient (Wildman–Crippen LogP) is 4.14. The van der Waals surface area contributed by atoms with Gasteiger partial charge in [-0.2, -0.15) is 0 Å². The number of nitrogens with zero attached hydrogens (tertiary/aromatic N) is 2. The van der Waals surface area contributed by atoms with Crippen LogP contribution in [0.5, 0.6) is 5.75 Å². The number of thioether (sulfide) groups is 1. The van der Waals surface area contributed by atoms with E-state index in [0.717, 1.165) is 0 Å². The Morgan fingerprint density at radius 1 is 1.06 bits per heavy atom. The van der Waals surface area contributed by atoms with Crippen LogP contribution in [0.25, 0.3) is 0 Å². The minimum atomic E-state index is -1.36. The molecule has 0 unspecified atom stereocenters. The lowest BCUT2D eigenvalue weighted by Crippen LogP contribution is -2.50. The summed E-state index contributed by atoms with van der Waals surface area (Å²) in [4.78, 5) is 41.3. The fraction of sp³-hybridized carbons (Fsp3) is 0.192. The molecule has 0 bridgehead atoms. The van der Waals surface area contributed by atoms with Crippen molar-refractivity contribution >= 4 is 46.5 Å². The highest BCUT2D eigenvalue weighted by molar-refractivity contribution is 8.02. The van der Waals surface area contributed by atoms with E-state index in [-0.39, 0.29) is 30.0 Å². The summed E-state index contributed by atoms with van der Waals surface area (Å²) in [6.07, 6.45) is 0. The lowest BCUT2D eigenvalue weighted by atomic mass is 10.0. The zero-order valence-corrected chi connectivity index (χ0v) is 19.7. The average Bonchev–Trinajstić information content (AvgIpc) is 3.32. The Balaban J connectivity index is 1.45. The van der Waals surface area contributed by atoms with Crippen molar-refractivity contribution < 1.29 is 23.5 Å². The van der Waals surface area contributed by atoms with E-state index in [1.54, 1.807) is 48.5 Å². The molecule has 0 radical (unpaired) electrons. The molecule has 1 fully saturated rings. The average molecular weight is 492 g/mol. The number of fused-ring (bicyclic) bond motifs is 2. The van der Waals surface area contributed by atoms with Crippen LogP contribution in [0, 0.1) is 5.82 Å². The fourth-order valence-electron chi connectivity index (χ4n) is 4.45. The van der Waals surface area contributed by atoms with Gasteiger partial charge in [0.15, 0.2) is 0 Å². The first kappa shape index (κ1) is 22.9. The molecule has 3 amide bonds. The molecule has 1 N–H and O–H groups in total. The summed E-state index contributed by atoms with van der Waals surface area (Å²) < 4.78 is 19.0. The van der Waals surface area contributed by atoms with E-state index in [0.29, 0.717) is 35.0 Å². The molecule has 2 aliphatic heterocycles. The highest BCUT2D eigenvalue weighted by atomic mass is 32.2. The molecule has 5 rings (SSSR count). The van der Waals surface area contributed by atoms with Crippen LogP contribution in [-0.2, 0) is 19.3 Å². The molecule has 35 heavy (non-hydrogen) atoms. The van der Waals surface area contributed by atoms with Gasteiger partial charge in [0.05, 0.1) is 18.0 Å². The molecule has 1 atom stereocenters. The van der Waals surface area contributed by atoms with E-state index in [9.17, 15) is 18.8 Å². The van der Waals surface area contributed by atoms with Gasteiger partial charge in [-0.25, -0.2) is 4.39 Å². The Hall–Kier alpha value is -3.85. The molecule has 1 saturated heterocycles. The smallest absolute Gasteiger partial charge is 0.269 e. The van der Waals surface area contributed by atoms with Gasteiger partial charge in [-0.15, -0.1) is 11.8 Å². The normalized spacial score (nSPS) is 18.8. The minimum absolute atomic E-state index is 0.0870. The van der Waals surface area contributed by atoms with Crippen LogP contribution >= 0.6 is 11.8 Å². The number of carbonyl (C=O) groups excluding carboxylic acids is 3. The van der Waals surface area contributed by atoms with Crippen molar-refractivity contribution in [2.45, 2.75) is 11.8 Å². The summed E-state index contributed by atoms with van der Waals surface area (Å²) in [5.74, 6) is -0.681. The molecular formula is C26H22FN3O4S. The van der Waals surface area contributed by atoms with Crippen LogP contribution in [-0.4, -0.2) is 36.6 Å². The fourth-order valence-corrected chi connectivity index (χ4v) is 5.81. The summed E-state index contributed by atoms with van der Waals surface area (Å²) in [7, 11) is 0. The van der Waals surface area contributed by atoms with E-state index in [2.05, 4.69) is 5.32 Å². The highest BCUT2D eigenvalue weighted by Crippen LogP contribution is 2.55. The van der Waals surface area contributed by atoms with Gasteiger partial charge < -0.3 is 10.1 Å². The maximum atomic E-state index is 13.9. The third-order valence-electron chi connectivity index (χ3n) is 5.90. The molecule has 0 aliphatic carbocycles. The topological polar surface area (TPSA) is 79.0 Å². The molecular weight excluding hydrogens is 469 g/mol. The molecule has 3 aromatic rings. The quantitative estimate of drug-likeness (QED) is 0.561. The van der Waals surface area contributed by atoms with Gasteiger partial charge >= 0.3 is 0 Å². The standard InChI is InChI=1S/C26H22FN3O4S/c1-2-34-20-13-9-18(10-14-20)28-23(31)15-29-22-6-4-3-5-21(22)26(25(29)33)30(24(32)16-35-26)19-11-7-17(27)8-12-19/h3-14H,2,15-16H2,1H3,(H,28,31)/t26-/m0/s1. The maximum absolute atomic E-state index is 13.9. The van der Waals surface area contributed by atoms with Crippen LogP contribution < -0.4 is 19.9 Å². The van der Waals surface area contributed by atoms with Crippen molar-refractivity contribution in [1.29, 1.82) is 0 Å². The van der Waals surface area contributed by atoms with Crippen LogP contribution in [0.2, 0.25) is 0 Å². The van der Waals surface area contributed by atoms with Crippen molar-refractivity contribution in [1.82, 2.24) is 0 Å². The zero-order chi connectivity index (χ0) is 24.6. The molecule has 178 valence electrons. The van der Waals surface area contributed by atoms with Crippen molar-refractivity contribution in [3.05, 3.63) is 84.2 Å². The van der Waals surface area contributed by atoms with E-state index in [4.69, 9.17) is 4.74 Å². The molecule has 0 saturated carbocycles. The van der Waals surface area contributed by atoms with Crippen LogP contribution in [0.1, 0.15) is 12.5 Å². The molecule has 7 nitrogen and oxygen atoms in total. The van der Waals surface area contributed by atoms with E-state index < -0.39 is 10.7 Å². The van der Waals surface area contributed by atoms with Crippen molar-refractivity contribution in [2.75, 3.05) is 34.0 Å². The Labute approximate surface area is 205 Å². The summed E-state index contributed by atoms with van der Waals surface area (Å²) in [6, 6.07) is 19.6. The van der Waals surface area contributed by atoms with Crippen LogP contribution in [0.15, 0.2) is 72.8 Å². The number of hydrogen-bond donors (Lipinski definition) is 1. The molecule has 1 spiro atoms. The minimum Gasteiger partial charge on any atom is -0.494 e. The molecule has 3 aromatic carbocycles. The SMILES string of the molecule is CCOc1ccc(NC(=O)CN2C(=O)[C@@]3(SCC(=O)N3c3ccc(F)cc3)c3ccccc32)cc1. The lowest BCUT2D eigenvalue weighted by Gasteiger charge is -2.33. The summed E-state index contributed by atoms with van der Waals surface area (Å²) in [5, 5.41) is 2.81. The second-order valence-corrected chi connectivity index (χ2v) is 9.22.